The molecular formula is C12H11Cl5O2. The average Bonchev–Trinajstić information content (AvgIpc) is 2.40. The van der Waals surface area contributed by atoms with E-state index < -0.39 is 11.4 Å². The first kappa shape index (κ1) is 17.2. The number of halogens is 5. The van der Waals surface area contributed by atoms with Gasteiger partial charge in [-0.3, -0.25) is 0 Å². The Kier molecular flexibility index (Phi) is 7.06. The van der Waals surface area contributed by atoms with Crippen LogP contribution in [0.15, 0.2) is 18.2 Å². The molecule has 0 N–H and O–H groups in total. The maximum Gasteiger partial charge on any atom is 0.339 e. The van der Waals surface area contributed by atoms with Crippen LogP contribution in [-0.2, 0) is 4.74 Å². The van der Waals surface area contributed by atoms with Crippen molar-refractivity contribution < 1.29 is 9.53 Å². The second kappa shape index (κ2) is 7.80. The molecule has 0 aliphatic heterocycles. The Morgan fingerprint density at radius 1 is 1.11 bits per heavy atom. The van der Waals surface area contributed by atoms with Crippen LogP contribution in [0.5, 0.6) is 0 Å². The monoisotopic (exact) mass is 362 g/mol. The first-order valence-electron chi connectivity index (χ1n) is 5.28. The van der Waals surface area contributed by atoms with E-state index in [0.717, 1.165) is 0 Å². The fourth-order valence-electron chi connectivity index (χ4n) is 1.17. The summed E-state index contributed by atoms with van der Waals surface area (Å²) < 4.78 is 5.17. The van der Waals surface area contributed by atoms with E-state index in [1.165, 1.54) is 12.1 Å². The summed E-state index contributed by atoms with van der Waals surface area (Å²) in [5, 5.41) is 0.670. The molecule has 0 amide bonds. The van der Waals surface area contributed by atoms with Crippen molar-refractivity contribution in [3.05, 3.63) is 33.8 Å². The normalized spacial score (nSPS) is 11.4. The van der Waals surface area contributed by atoms with Gasteiger partial charge in [-0.1, -0.05) is 23.2 Å². The summed E-state index contributed by atoms with van der Waals surface area (Å²) in [6, 6.07) is 4.52. The highest BCUT2D eigenvalue weighted by Crippen LogP contribution is 2.26. The first-order chi connectivity index (χ1) is 8.98. The number of hydrogen-bond acceptors (Lipinski definition) is 2. The highest BCUT2D eigenvalue weighted by molar-refractivity contribution is 6.36. The van der Waals surface area contributed by atoms with Crippen LogP contribution in [0.2, 0.25) is 10.0 Å². The van der Waals surface area contributed by atoms with Gasteiger partial charge in [0.25, 0.3) is 0 Å². The van der Waals surface area contributed by atoms with Crippen LogP contribution in [0.4, 0.5) is 0 Å². The zero-order valence-electron chi connectivity index (χ0n) is 9.77. The predicted octanol–water partition coefficient (Wildman–Crippen LogP) is 4.85. The Labute approximate surface area is 136 Å². The maximum absolute atomic E-state index is 11.9. The van der Waals surface area contributed by atoms with Gasteiger partial charge in [-0.25, -0.2) is 4.79 Å². The van der Waals surface area contributed by atoms with E-state index in [1.54, 1.807) is 6.07 Å². The van der Waals surface area contributed by atoms with E-state index in [1.807, 2.05) is 0 Å². The molecule has 0 unspecified atom stereocenters. The van der Waals surface area contributed by atoms with Crippen molar-refractivity contribution in [2.75, 3.05) is 24.2 Å². The molecular weight excluding hydrogens is 353 g/mol. The highest BCUT2D eigenvalue weighted by atomic mass is 35.5. The second-order valence-electron chi connectivity index (χ2n) is 4.10. The molecule has 0 saturated heterocycles. The van der Waals surface area contributed by atoms with Crippen LogP contribution < -0.4 is 0 Å². The summed E-state index contributed by atoms with van der Waals surface area (Å²) in [7, 11) is 0. The molecule has 1 aromatic rings. The number of ether oxygens (including phenoxy) is 1. The minimum absolute atomic E-state index is 0.0291. The Hall–Kier alpha value is 0.140. The Morgan fingerprint density at radius 3 is 2.16 bits per heavy atom. The number of hydrogen-bond donors (Lipinski definition) is 0. The summed E-state index contributed by atoms with van der Waals surface area (Å²) >= 11 is 29.1. The van der Waals surface area contributed by atoms with Gasteiger partial charge in [0.1, 0.15) is 6.61 Å². The lowest BCUT2D eigenvalue weighted by Gasteiger charge is -2.26. The number of alkyl halides is 3. The standard InChI is InChI=1S/C12H11Cl5O2/c13-4-12(5-14,6-15)7-19-11(18)9-2-1-8(16)3-10(9)17/h1-3H,4-7H2. The fraction of sp³-hybridized carbons (Fsp3) is 0.417. The second-order valence-corrected chi connectivity index (χ2v) is 5.75. The van der Waals surface area contributed by atoms with Crippen LogP contribution in [0.1, 0.15) is 10.4 Å². The number of benzene rings is 1. The SMILES string of the molecule is O=C(OCC(CCl)(CCl)CCl)c1ccc(Cl)cc1Cl. The molecule has 0 bridgehead atoms. The molecule has 0 aromatic heterocycles. The van der Waals surface area contributed by atoms with Crippen molar-refractivity contribution in [3.63, 3.8) is 0 Å². The summed E-state index contributed by atoms with van der Waals surface area (Å²) in [6.45, 7) is 0.0291. The average molecular weight is 364 g/mol. The lowest BCUT2D eigenvalue weighted by atomic mass is 9.97. The third kappa shape index (κ3) is 4.57. The number of carbonyl (C=O) groups excluding carboxylic acids is 1. The maximum atomic E-state index is 11.9. The van der Waals surface area contributed by atoms with Gasteiger partial charge < -0.3 is 4.74 Å². The van der Waals surface area contributed by atoms with Crippen LogP contribution in [0.25, 0.3) is 0 Å². The van der Waals surface area contributed by atoms with E-state index in [2.05, 4.69) is 0 Å². The molecule has 0 aliphatic carbocycles. The topological polar surface area (TPSA) is 26.3 Å². The van der Waals surface area contributed by atoms with Crippen molar-refractivity contribution in [2.24, 2.45) is 5.41 Å². The third-order valence-corrected chi connectivity index (χ3v) is 4.76. The Balaban J connectivity index is 2.75. The van der Waals surface area contributed by atoms with Gasteiger partial charge in [-0.2, -0.15) is 0 Å². The zero-order chi connectivity index (χ0) is 14.5. The molecule has 0 radical (unpaired) electrons. The number of rotatable bonds is 6. The van der Waals surface area contributed by atoms with E-state index >= 15 is 0 Å². The van der Waals surface area contributed by atoms with Gasteiger partial charge in [-0.05, 0) is 18.2 Å². The van der Waals surface area contributed by atoms with Gasteiger partial charge in [0.15, 0.2) is 0 Å². The van der Waals surface area contributed by atoms with Crippen molar-refractivity contribution >= 4 is 64.0 Å². The molecule has 7 heteroatoms. The van der Waals surface area contributed by atoms with Gasteiger partial charge >= 0.3 is 5.97 Å². The molecule has 0 saturated carbocycles. The molecule has 106 valence electrons. The Bertz CT molecular complexity index is 437. The van der Waals surface area contributed by atoms with Crippen molar-refractivity contribution in [3.8, 4) is 0 Å². The minimum atomic E-state index is -0.640. The van der Waals surface area contributed by atoms with Gasteiger partial charge in [0.05, 0.1) is 10.6 Å². The molecule has 0 aliphatic rings. The molecule has 0 spiro atoms. The smallest absolute Gasteiger partial charge is 0.339 e. The minimum Gasteiger partial charge on any atom is -0.461 e. The summed E-state index contributed by atoms with van der Waals surface area (Å²) in [5.41, 5.74) is -0.405. The number of carbonyl (C=O) groups is 1. The van der Waals surface area contributed by atoms with Gasteiger partial charge in [-0.15, -0.1) is 34.8 Å². The zero-order valence-corrected chi connectivity index (χ0v) is 13.5. The number of esters is 1. The molecule has 1 rings (SSSR count). The lowest BCUT2D eigenvalue weighted by Crippen LogP contribution is -2.34. The molecule has 1 aromatic carbocycles. The fourth-order valence-corrected chi connectivity index (χ4v) is 2.75. The van der Waals surface area contributed by atoms with Crippen LogP contribution in [-0.4, -0.2) is 30.2 Å². The van der Waals surface area contributed by atoms with Crippen LogP contribution in [0.3, 0.4) is 0 Å². The van der Waals surface area contributed by atoms with Crippen LogP contribution in [0, 0.1) is 5.41 Å². The summed E-state index contributed by atoms with van der Waals surface area (Å²) in [6.07, 6.45) is 0. The van der Waals surface area contributed by atoms with Gasteiger partial charge in [0.2, 0.25) is 0 Å². The van der Waals surface area contributed by atoms with Crippen LogP contribution >= 0.6 is 58.0 Å². The molecule has 0 fully saturated rings. The third-order valence-electron chi connectivity index (χ3n) is 2.51. The quantitative estimate of drug-likeness (QED) is 0.533. The molecule has 2 nitrogen and oxygen atoms in total. The predicted molar refractivity (Wildman–Crippen MR) is 81.3 cm³/mol. The van der Waals surface area contributed by atoms with E-state index in [0.29, 0.717) is 5.02 Å². The van der Waals surface area contributed by atoms with E-state index in [9.17, 15) is 4.79 Å². The van der Waals surface area contributed by atoms with Gasteiger partial charge in [0, 0.05) is 28.1 Å². The molecule has 0 heterocycles. The summed E-state index contributed by atoms with van der Waals surface area (Å²) in [5.74, 6) is 0.0247. The summed E-state index contributed by atoms with van der Waals surface area (Å²) in [4.78, 5) is 11.9. The molecule has 0 atom stereocenters. The van der Waals surface area contributed by atoms with E-state index in [-0.39, 0.29) is 34.8 Å². The molecule has 19 heavy (non-hydrogen) atoms. The Morgan fingerprint density at radius 2 is 1.68 bits per heavy atom. The van der Waals surface area contributed by atoms with Crippen molar-refractivity contribution in [1.29, 1.82) is 0 Å². The van der Waals surface area contributed by atoms with Crippen molar-refractivity contribution in [2.45, 2.75) is 0 Å². The lowest BCUT2D eigenvalue weighted by molar-refractivity contribution is 0.0380. The first-order valence-corrected chi connectivity index (χ1v) is 7.64. The van der Waals surface area contributed by atoms with Crippen molar-refractivity contribution in [1.82, 2.24) is 0 Å². The van der Waals surface area contributed by atoms with E-state index in [4.69, 9.17) is 62.7 Å². The largest absolute Gasteiger partial charge is 0.461 e. The highest BCUT2D eigenvalue weighted by Gasteiger charge is 2.30.